The predicted octanol–water partition coefficient (Wildman–Crippen LogP) is 1.20. The highest BCUT2D eigenvalue weighted by Crippen LogP contribution is 2.17. The van der Waals surface area contributed by atoms with Gasteiger partial charge in [0.05, 0.1) is 13.7 Å². The summed E-state index contributed by atoms with van der Waals surface area (Å²) in [5.74, 6) is -0.343. The summed E-state index contributed by atoms with van der Waals surface area (Å²) in [5, 5.41) is 14.5. The normalized spacial score (nSPS) is 11.7. The van der Waals surface area contributed by atoms with Gasteiger partial charge in [-0.15, -0.1) is 0 Å². The number of aliphatic carboxylic acids is 1. The van der Waals surface area contributed by atoms with Gasteiger partial charge in [-0.05, 0) is 24.5 Å². The van der Waals surface area contributed by atoms with Gasteiger partial charge < -0.3 is 15.2 Å². The molecule has 1 unspecified atom stereocenters. The van der Waals surface area contributed by atoms with Crippen LogP contribution < -0.4 is 15.4 Å². The maximum Gasteiger partial charge on any atom is 0.320 e. The van der Waals surface area contributed by atoms with Crippen LogP contribution >= 0.6 is 0 Å². The zero-order valence-electron chi connectivity index (χ0n) is 13.1. The van der Waals surface area contributed by atoms with Crippen LogP contribution in [-0.2, 0) is 16.0 Å². The van der Waals surface area contributed by atoms with E-state index in [-0.39, 0.29) is 12.5 Å². The number of hydrogen-bond acceptors (Lipinski definition) is 4. The summed E-state index contributed by atoms with van der Waals surface area (Å²) in [6.07, 6.45) is 1.91. The SMILES string of the molecule is CCCC(NCC(=O)NCCc1ccccc1OC)C(=O)O. The molecule has 0 aliphatic rings. The van der Waals surface area contributed by atoms with Gasteiger partial charge in [0, 0.05) is 6.54 Å². The maximum atomic E-state index is 11.7. The Morgan fingerprint density at radius 1 is 1.32 bits per heavy atom. The fourth-order valence-electron chi connectivity index (χ4n) is 2.13. The molecule has 1 atom stereocenters. The van der Waals surface area contributed by atoms with Crippen molar-refractivity contribution in [1.29, 1.82) is 0 Å². The van der Waals surface area contributed by atoms with E-state index in [2.05, 4.69) is 10.6 Å². The summed E-state index contributed by atoms with van der Waals surface area (Å²) in [7, 11) is 1.61. The van der Waals surface area contributed by atoms with Crippen molar-refractivity contribution in [2.75, 3.05) is 20.2 Å². The molecular weight excluding hydrogens is 284 g/mol. The number of para-hydroxylation sites is 1. The van der Waals surface area contributed by atoms with E-state index in [0.29, 0.717) is 19.4 Å². The van der Waals surface area contributed by atoms with Gasteiger partial charge >= 0.3 is 5.97 Å². The van der Waals surface area contributed by atoms with E-state index in [0.717, 1.165) is 17.7 Å². The Morgan fingerprint density at radius 2 is 2.05 bits per heavy atom. The minimum atomic E-state index is -0.927. The Kier molecular flexibility index (Phi) is 7.99. The summed E-state index contributed by atoms with van der Waals surface area (Å²) in [6, 6.07) is 6.96. The molecule has 0 aromatic heterocycles. The van der Waals surface area contributed by atoms with Crippen molar-refractivity contribution < 1.29 is 19.4 Å². The molecule has 0 aliphatic heterocycles. The molecular formula is C16H24N2O4. The van der Waals surface area contributed by atoms with Crippen molar-refractivity contribution in [3.8, 4) is 5.75 Å². The number of carbonyl (C=O) groups is 2. The quantitative estimate of drug-likeness (QED) is 0.604. The zero-order chi connectivity index (χ0) is 16.4. The van der Waals surface area contributed by atoms with Crippen molar-refractivity contribution in [3.63, 3.8) is 0 Å². The molecule has 0 fully saturated rings. The molecule has 0 saturated carbocycles. The summed E-state index contributed by atoms with van der Waals surface area (Å²) in [6.45, 7) is 2.39. The minimum Gasteiger partial charge on any atom is -0.496 e. The van der Waals surface area contributed by atoms with Crippen molar-refractivity contribution in [1.82, 2.24) is 10.6 Å². The summed E-state index contributed by atoms with van der Waals surface area (Å²) in [4.78, 5) is 22.7. The van der Waals surface area contributed by atoms with Crippen LogP contribution in [0.4, 0.5) is 0 Å². The highest BCUT2D eigenvalue weighted by molar-refractivity contribution is 5.79. The van der Waals surface area contributed by atoms with Gasteiger partial charge in [0.15, 0.2) is 0 Å². The second-order valence-electron chi connectivity index (χ2n) is 4.97. The number of carbonyl (C=O) groups excluding carboxylic acids is 1. The van der Waals surface area contributed by atoms with Gasteiger partial charge in [-0.2, -0.15) is 0 Å². The molecule has 0 bridgehead atoms. The molecule has 1 amide bonds. The minimum absolute atomic E-state index is 0.00287. The maximum absolute atomic E-state index is 11.7. The lowest BCUT2D eigenvalue weighted by Gasteiger charge is -2.13. The van der Waals surface area contributed by atoms with Crippen molar-refractivity contribution in [2.24, 2.45) is 0 Å². The Morgan fingerprint density at radius 3 is 2.68 bits per heavy atom. The van der Waals surface area contributed by atoms with Gasteiger partial charge in [-0.25, -0.2) is 0 Å². The molecule has 122 valence electrons. The van der Waals surface area contributed by atoms with Crippen LogP contribution in [0.2, 0.25) is 0 Å². The molecule has 0 aliphatic carbocycles. The van der Waals surface area contributed by atoms with Crippen LogP contribution in [0.25, 0.3) is 0 Å². The van der Waals surface area contributed by atoms with E-state index in [1.54, 1.807) is 7.11 Å². The van der Waals surface area contributed by atoms with E-state index >= 15 is 0 Å². The summed E-state index contributed by atoms with van der Waals surface area (Å²) >= 11 is 0. The fraction of sp³-hybridized carbons (Fsp3) is 0.500. The molecule has 1 aromatic carbocycles. The summed E-state index contributed by atoms with van der Waals surface area (Å²) in [5.41, 5.74) is 1.02. The predicted molar refractivity (Wildman–Crippen MR) is 84.0 cm³/mol. The zero-order valence-corrected chi connectivity index (χ0v) is 13.1. The number of nitrogens with one attached hydrogen (secondary N) is 2. The average Bonchev–Trinajstić information content (AvgIpc) is 2.51. The number of benzene rings is 1. The molecule has 1 aromatic rings. The third-order valence-corrected chi connectivity index (χ3v) is 3.29. The van der Waals surface area contributed by atoms with Gasteiger partial charge in [0.2, 0.25) is 5.91 Å². The lowest BCUT2D eigenvalue weighted by atomic mass is 10.1. The molecule has 0 saturated heterocycles. The number of rotatable bonds is 10. The largest absolute Gasteiger partial charge is 0.496 e. The average molecular weight is 308 g/mol. The van der Waals surface area contributed by atoms with Crippen LogP contribution in [0.15, 0.2) is 24.3 Å². The Balaban J connectivity index is 2.32. The number of carboxylic acids is 1. The van der Waals surface area contributed by atoms with Gasteiger partial charge in [0.25, 0.3) is 0 Å². The topological polar surface area (TPSA) is 87.7 Å². The highest BCUT2D eigenvalue weighted by Gasteiger charge is 2.16. The number of hydrogen-bond donors (Lipinski definition) is 3. The van der Waals surface area contributed by atoms with E-state index in [9.17, 15) is 9.59 Å². The van der Waals surface area contributed by atoms with E-state index in [4.69, 9.17) is 9.84 Å². The number of carboxylic acid groups (broad SMARTS) is 1. The summed E-state index contributed by atoms with van der Waals surface area (Å²) < 4.78 is 5.24. The Bertz CT molecular complexity index is 491. The van der Waals surface area contributed by atoms with Crippen LogP contribution in [0.5, 0.6) is 5.75 Å². The monoisotopic (exact) mass is 308 g/mol. The lowest BCUT2D eigenvalue weighted by Crippen LogP contribution is -2.43. The smallest absolute Gasteiger partial charge is 0.320 e. The first kappa shape index (κ1) is 18.0. The van der Waals surface area contributed by atoms with Gasteiger partial charge in [-0.3, -0.25) is 14.9 Å². The van der Waals surface area contributed by atoms with E-state index in [1.807, 2.05) is 31.2 Å². The third-order valence-electron chi connectivity index (χ3n) is 3.29. The standard InChI is InChI=1S/C16H24N2O4/c1-3-6-13(16(20)21)18-11-15(19)17-10-9-12-7-4-5-8-14(12)22-2/h4-5,7-8,13,18H,3,6,9-11H2,1-2H3,(H,17,19)(H,20,21). The van der Waals surface area contributed by atoms with E-state index < -0.39 is 12.0 Å². The molecule has 3 N–H and O–H groups in total. The second kappa shape index (κ2) is 9.78. The first-order valence-electron chi connectivity index (χ1n) is 7.43. The molecule has 22 heavy (non-hydrogen) atoms. The van der Waals surface area contributed by atoms with Crippen molar-refractivity contribution >= 4 is 11.9 Å². The van der Waals surface area contributed by atoms with Gasteiger partial charge in [0.1, 0.15) is 11.8 Å². The molecule has 0 heterocycles. The first-order chi connectivity index (χ1) is 10.6. The van der Waals surface area contributed by atoms with Crippen molar-refractivity contribution in [2.45, 2.75) is 32.2 Å². The first-order valence-corrected chi connectivity index (χ1v) is 7.43. The van der Waals surface area contributed by atoms with Gasteiger partial charge in [-0.1, -0.05) is 31.5 Å². The number of ether oxygens (including phenoxy) is 1. The van der Waals surface area contributed by atoms with E-state index in [1.165, 1.54) is 0 Å². The van der Waals surface area contributed by atoms with Crippen LogP contribution in [0.1, 0.15) is 25.3 Å². The lowest BCUT2D eigenvalue weighted by molar-refractivity contribution is -0.139. The Hall–Kier alpha value is -2.08. The number of methoxy groups -OCH3 is 1. The molecule has 0 spiro atoms. The third kappa shape index (κ3) is 6.13. The second-order valence-corrected chi connectivity index (χ2v) is 4.97. The molecule has 0 radical (unpaired) electrons. The van der Waals surface area contributed by atoms with Crippen LogP contribution in [0.3, 0.4) is 0 Å². The molecule has 1 rings (SSSR count). The van der Waals surface area contributed by atoms with Crippen LogP contribution in [0, 0.1) is 0 Å². The van der Waals surface area contributed by atoms with Crippen LogP contribution in [-0.4, -0.2) is 43.2 Å². The molecule has 6 nitrogen and oxygen atoms in total. The fourth-order valence-corrected chi connectivity index (χ4v) is 2.13. The highest BCUT2D eigenvalue weighted by atomic mass is 16.5. The Labute approximate surface area is 130 Å². The van der Waals surface area contributed by atoms with Crippen molar-refractivity contribution in [3.05, 3.63) is 29.8 Å². The number of amides is 1. The molecule has 6 heteroatoms.